The molecule has 0 aliphatic carbocycles. The Balaban J connectivity index is 2.96. The van der Waals surface area contributed by atoms with E-state index in [0.717, 1.165) is 17.7 Å². The summed E-state index contributed by atoms with van der Waals surface area (Å²) >= 11 is 0. The monoisotopic (exact) mass is 380 g/mol. The van der Waals surface area contributed by atoms with Crippen molar-refractivity contribution in [3.8, 4) is 11.5 Å². The van der Waals surface area contributed by atoms with E-state index in [2.05, 4.69) is 53.0 Å². The van der Waals surface area contributed by atoms with Gasteiger partial charge in [-0.15, -0.1) is 11.5 Å². The molecule has 0 aliphatic heterocycles. The van der Waals surface area contributed by atoms with Crippen LogP contribution < -0.4 is 0 Å². The maximum atomic E-state index is 12.6. The van der Waals surface area contributed by atoms with Crippen LogP contribution in [0.4, 0.5) is 13.2 Å². The lowest BCUT2D eigenvalue weighted by Gasteiger charge is -2.38. The van der Waals surface area contributed by atoms with Gasteiger partial charge in [-0.25, -0.2) is 0 Å². The molecule has 1 atom stereocenters. The maximum Gasteiger partial charge on any atom is 0.416 e. The zero-order valence-electron chi connectivity index (χ0n) is 16.9. The Labute approximate surface area is 157 Å². The minimum absolute atomic E-state index is 0.0698. The number of hydrogen-bond acceptors (Lipinski definition) is 0. The van der Waals surface area contributed by atoms with Crippen molar-refractivity contribution in [1.82, 2.24) is 0 Å². The highest BCUT2D eigenvalue weighted by Gasteiger charge is 2.41. The summed E-state index contributed by atoms with van der Waals surface area (Å²) in [7, 11) is -1.75. The van der Waals surface area contributed by atoms with Crippen molar-refractivity contribution in [2.24, 2.45) is 5.92 Å². The molecule has 26 heavy (non-hydrogen) atoms. The predicted octanol–water partition coefficient (Wildman–Crippen LogP) is 7.58. The van der Waals surface area contributed by atoms with Crippen molar-refractivity contribution in [1.29, 1.82) is 0 Å². The summed E-state index contributed by atoms with van der Waals surface area (Å²) in [5.74, 6) is 3.49. The second kappa shape index (κ2) is 8.95. The highest BCUT2D eigenvalue weighted by atomic mass is 28.3. The molecule has 1 rings (SSSR count). The Morgan fingerprint density at radius 3 is 1.69 bits per heavy atom. The van der Waals surface area contributed by atoms with Gasteiger partial charge in [0.2, 0.25) is 0 Å². The zero-order chi connectivity index (χ0) is 20.1. The third-order valence-electron chi connectivity index (χ3n) is 5.20. The molecule has 1 unspecified atom stereocenters. The first-order valence-electron chi connectivity index (χ1n) is 9.29. The van der Waals surface area contributed by atoms with Gasteiger partial charge in [0.05, 0.1) is 5.56 Å². The Hall–Kier alpha value is -1.47. The standard InChI is InChI=1S/C22H31F3Si/c1-16(2)26(17(3)4,18(5)6)15-14-19(7)8-9-20-10-12-21(13-11-20)22(23,24)25/h8-13,16-19H,1-7H3/b9-8+. The highest BCUT2D eigenvalue weighted by molar-refractivity contribution is 6.90. The van der Waals surface area contributed by atoms with Gasteiger partial charge in [0, 0.05) is 5.92 Å². The van der Waals surface area contributed by atoms with Crippen molar-refractivity contribution in [3.05, 3.63) is 41.5 Å². The number of hydrogen-bond donors (Lipinski definition) is 0. The first-order valence-corrected chi connectivity index (χ1v) is 11.5. The fourth-order valence-electron chi connectivity index (χ4n) is 3.76. The molecule has 4 heteroatoms. The van der Waals surface area contributed by atoms with Crippen LogP contribution in [0.5, 0.6) is 0 Å². The van der Waals surface area contributed by atoms with Crippen LogP contribution >= 0.6 is 0 Å². The summed E-state index contributed by atoms with van der Waals surface area (Å²) in [4.78, 5) is 0. The van der Waals surface area contributed by atoms with Gasteiger partial charge in [0.1, 0.15) is 8.07 Å². The van der Waals surface area contributed by atoms with Crippen molar-refractivity contribution >= 4 is 14.1 Å². The number of rotatable bonds is 5. The van der Waals surface area contributed by atoms with Gasteiger partial charge in [-0.3, -0.25) is 0 Å². The van der Waals surface area contributed by atoms with E-state index < -0.39 is 19.8 Å². The second-order valence-electron chi connectivity index (χ2n) is 7.93. The lowest BCUT2D eigenvalue weighted by atomic mass is 10.1. The summed E-state index contributed by atoms with van der Waals surface area (Å²) in [6.07, 6.45) is -0.474. The van der Waals surface area contributed by atoms with Gasteiger partial charge in [0.15, 0.2) is 0 Å². The van der Waals surface area contributed by atoms with Crippen LogP contribution in [-0.2, 0) is 6.18 Å². The lowest BCUT2D eigenvalue weighted by Crippen LogP contribution is -2.43. The summed E-state index contributed by atoms with van der Waals surface area (Å²) in [6.45, 7) is 15.7. The topological polar surface area (TPSA) is 0 Å². The quantitative estimate of drug-likeness (QED) is 0.365. The van der Waals surface area contributed by atoms with Crippen LogP contribution in [0.3, 0.4) is 0 Å². The Bertz CT molecular complexity index is 634. The van der Waals surface area contributed by atoms with Gasteiger partial charge >= 0.3 is 6.18 Å². The average molecular weight is 381 g/mol. The lowest BCUT2D eigenvalue weighted by molar-refractivity contribution is -0.137. The van der Waals surface area contributed by atoms with E-state index in [4.69, 9.17) is 0 Å². The van der Waals surface area contributed by atoms with E-state index in [-0.39, 0.29) is 5.92 Å². The van der Waals surface area contributed by atoms with Gasteiger partial charge in [-0.2, -0.15) is 13.2 Å². The smallest absolute Gasteiger partial charge is 0.166 e. The summed E-state index contributed by atoms with van der Waals surface area (Å²) in [5, 5.41) is 0. The van der Waals surface area contributed by atoms with Crippen LogP contribution in [0.25, 0.3) is 6.08 Å². The van der Waals surface area contributed by atoms with Crippen molar-refractivity contribution in [2.75, 3.05) is 0 Å². The van der Waals surface area contributed by atoms with E-state index in [1.54, 1.807) is 0 Å². The van der Waals surface area contributed by atoms with E-state index in [9.17, 15) is 13.2 Å². The summed E-state index contributed by atoms with van der Waals surface area (Å²) in [6, 6.07) is 5.22. The fourth-order valence-corrected chi connectivity index (χ4v) is 9.10. The Morgan fingerprint density at radius 2 is 1.31 bits per heavy atom. The minimum atomic E-state index is -4.29. The van der Waals surface area contributed by atoms with Crippen molar-refractivity contribution < 1.29 is 13.2 Å². The van der Waals surface area contributed by atoms with E-state index in [0.29, 0.717) is 16.6 Å². The average Bonchev–Trinajstić information content (AvgIpc) is 2.52. The van der Waals surface area contributed by atoms with E-state index in [1.807, 2.05) is 19.1 Å². The molecule has 144 valence electrons. The molecular weight excluding hydrogens is 349 g/mol. The fraction of sp³-hybridized carbons (Fsp3) is 0.545. The molecule has 0 heterocycles. The first-order chi connectivity index (χ1) is 11.9. The van der Waals surface area contributed by atoms with Crippen LogP contribution in [0.15, 0.2) is 30.3 Å². The van der Waals surface area contributed by atoms with Crippen LogP contribution in [0.1, 0.15) is 59.6 Å². The third-order valence-corrected chi connectivity index (χ3v) is 11.5. The predicted molar refractivity (Wildman–Crippen MR) is 108 cm³/mol. The molecule has 0 bridgehead atoms. The molecule has 1 aromatic rings. The van der Waals surface area contributed by atoms with Crippen LogP contribution in [0, 0.1) is 17.4 Å². The summed E-state index contributed by atoms with van der Waals surface area (Å²) < 4.78 is 37.8. The molecule has 0 N–H and O–H groups in total. The Kier molecular flexibility index (Phi) is 7.77. The molecule has 0 saturated carbocycles. The number of halogens is 3. The Morgan fingerprint density at radius 1 is 0.846 bits per heavy atom. The largest absolute Gasteiger partial charge is 0.416 e. The molecule has 0 spiro atoms. The highest BCUT2D eigenvalue weighted by Crippen LogP contribution is 2.40. The normalized spacial score (nSPS) is 14.2. The zero-order valence-corrected chi connectivity index (χ0v) is 17.9. The van der Waals surface area contributed by atoms with Gasteiger partial charge in [-0.05, 0) is 41.2 Å². The molecule has 1 aromatic carbocycles. The summed E-state index contributed by atoms with van der Waals surface area (Å²) in [5.41, 5.74) is 5.57. The minimum Gasteiger partial charge on any atom is -0.166 e. The third kappa shape index (κ3) is 5.51. The maximum absolute atomic E-state index is 12.6. The van der Waals surface area contributed by atoms with Crippen molar-refractivity contribution in [2.45, 2.75) is 71.3 Å². The molecule has 0 radical (unpaired) electrons. The van der Waals surface area contributed by atoms with Gasteiger partial charge in [-0.1, -0.05) is 65.8 Å². The molecule has 0 aromatic heterocycles. The molecular formula is C22H31F3Si. The molecule has 0 amide bonds. The molecule has 0 aliphatic rings. The molecule has 0 fully saturated rings. The van der Waals surface area contributed by atoms with Gasteiger partial charge in [0.25, 0.3) is 0 Å². The van der Waals surface area contributed by atoms with E-state index >= 15 is 0 Å². The first kappa shape index (κ1) is 22.6. The van der Waals surface area contributed by atoms with Gasteiger partial charge < -0.3 is 0 Å². The van der Waals surface area contributed by atoms with Crippen molar-refractivity contribution in [3.63, 3.8) is 0 Å². The number of allylic oxidation sites excluding steroid dienone is 1. The van der Waals surface area contributed by atoms with E-state index in [1.165, 1.54) is 12.1 Å². The second-order valence-corrected chi connectivity index (χ2v) is 13.5. The molecule has 0 saturated heterocycles. The van der Waals surface area contributed by atoms with Crippen LogP contribution in [-0.4, -0.2) is 8.07 Å². The number of benzene rings is 1. The number of alkyl halides is 3. The molecule has 0 nitrogen and oxygen atoms in total. The SMILES string of the molecule is CC(C#C[Si](C(C)C)(C(C)C)C(C)C)/C=C/c1ccc(C(F)(F)F)cc1. The van der Waals surface area contributed by atoms with Crippen LogP contribution in [0.2, 0.25) is 16.6 Å².